The Hall–Kier alpha value is -0.380. The molecular weight excluding hydrogens is 252 g/mol. The molecule has 1 aliphatic rings. The minimum Gasteiger partial charge on any atom is -0.310 e. The molecule has 1 fully saturated rings. The molecule has 1 aromatic rings. The van der Waals surface area contributed by atoms with Crippen LogP contribution in [-0.4, -0.2) is 31.1 Å². The molecule has 1 unspecified atom stereocenters. The summed E-state index contributed by atoms with van der Waals surface area (Å²) in [6.45, 7) is 5.71. The van der Waals surface area contributed by atoms with E-state index in [2.05, 4.69) is 41.7 Å². The summed E-state index contributed by atoms with van der Waals surface area (Å²) in [4.78, 5) is 3.97. The highest BCUT2D eigenvalue weighted by molar-refractivity contribution is 7.09. The van der Waals surface area contributed by atoms with Crippen LogP contribution in [0, 0.1) is 5.92 Å². The number of likely N-dealkylation sites (N-methyl/N-ethyl adjacent to an activating group) is 1. The smallest absolute Gasteiger partial charge is 0.0300 e. The predicted octanol–water partition coefficient (Wildman–Crippen LogP) is 3.74. The van der Waals surface area contributed by atoms with E-state index in [-0.39, 0.29) is 0 Å². The maximum Gasteiger partial charge on any atom is 0.0300 e. The van der Waals surface area contributed by atoms with Gasteiger partial charge < -0.3 is 10.2 Å². The van der Waals surface area contributed by atoms with Gasteiger partial charge in [-0.25, -0.2) is 0 Å². The molecule has 3 heteroatoms. The molecule has 1 heterocycles. The van der Waals surface area contributed by atoms with Crippen molar-refractivity contribution in [2.75, 3.05) is 20.1 Å². The Morgan fingerprint density at radius 3 is 2.84 bits per heavy atom. The third kappa shape index (κ3) is 5.25. The van der Waals surface area contributed by atoms with Crippen molar-refractivity contribution in [3.8, 4) is 0 Å². The van der Waals surface area contributed by atoms with E-state index in [1.54, 1.807) is 0 Å². The summed E-state index contributed by atoms with van der Waals surface area (Å²) in [6.07, 6.45) is 7.24. The zero-order valence-corrected chi connectivity index (χ0v) is 13.2. The van der Waals surface area contributed by atoms with E-state index in [0.717, 1.165) is 19.0 Å². The molecule has 1 atom stereocenters. The number of nitrogens with one attached hydrogen (secondary N) is 1. The third-order valence-electron chi connectivity index (χ3n) is 4.34. The zero-order chi connectivity index (χ0) is 13.5. The lowest BCUT2D eigenvalue weighted by Gasteiger charge is -2.31. The summed E-state index contributed by atoms with van der Waals surface area (Å²) in [5, 5.41) is 5.72. The van der Waals surface area contributed by atoms with Crippen molar-refractivity contribution in [2.45, 2.75) is 51.6 Å². The highest BCUT2D eigenvalue weighted by Crippen LogP contribution is 2.24. The Labute approximate surface area is 122 Å². The van der Waals surface area contributed by atoms with Crippen molar-refractivity contribution in [1.82, 2.24) is 10.2 Å². The molecule has 108 valence electrons. The average Bonchev–Trinajstić information content (AvgIpc) is 2.93. The van der Waals surface area contributed by atoms with E-state index in [0.29, 0.717) is 6.04 Å². The number of thiophene rings is 1. The van der Waals surface area contributed by atoms with Gasteiger partial charge in [0.2, 0.25) is 0 Å². The minimum absolute atomic E-state index is 0.627. The summed E-state index contributed by atoms with van der Waals surface area (Å²) in [6, 6.07) is 4.95. The highest BCUT2D eigenvalue weighted by atomic mass is 32.1. The normalized spacial score (nSPS) is 18.9. The van der Waals surface area contributed by atoms with Gasteiger partial charge in [-0.15, -0.1) is 11.3 Å². The second-order valence-corrected chi connectivity index (χ2v) is 7.04. The average molecular weight is 280 g/mol. The molecule has 0 bridgehead atoms. The molecule has 1 aliphatic carbocycles. The van der Waals surface area contributed by atoms with Crippen LogP contribution in [0.25, 0.3) is 0 Å². The molecule has 0 aromatic carbocycles. The molecular formula is C16H28N2S. The highest BCUT2D eigenvalue weighted by Gasteiger charge is 2.17. The maximum atomic E-state index is 3.57. The summed E-state index contributed by atoms with van der Waals surface area (Å²) >= 11 is 1.84. The second-order valence-electron chi connectivity index (χ2n) is 6.00. The quantitative estimate of drug-likeness (QED) is 0.818. The minimum atomic E-state index is 0.627. The van der Waals surface area contributed by atoms with E-state index in [1.165, 1.54) is 43.5 Å². The van der Waals surface area contributed by atoms with Gasteiger partial charge in [0.1, 0.15) is 0 Å². The van der Waals surface area contributed by atoms with Gasteiger partial charge in [-0.05, 0) is 44.2 Å². The van der Waals surface area contributed by atoms with Gasteiger partial charge in [-0.2, -0.15) is 0 Å². The first-order valence-corrected chi connectivity index (χ1v) is 8.57. The van der Waals surface area contributed by atoms with Crippen LogP contribution in [0.4, 0.5) is 0 Å². The van der Waals surface area contributed by atoms with Gasteiger partial charge in [0.15, 0.2) is 0 Å². The van der Waals surface area contributed by atoms with Crippen molar-refractivity contribution in [3.63, 3.8) is 0 Å². The van der Waals surface area contributed by atoms with Gasteiger partial charge in [0.25, 0.3) is 0 Å². The monoisotopic (exact) mass is 280 g/mol. The Kier molecular flexibility index (Phi) is 6.35. The molecule has 1 saturated carbocycles. The van der Waals surface area contributed by atoms with Gasteiger partial charge >= 0.3 is 0 Å². The van der Waals surface area contributed by atoms with Crippen LogP contribution < -0.4 is 5.32 Å². The van der Waals surface area contributed by atoms with Gasteiger partial charge in [-0.1, -0.05) is 25.3 Å². The standard InChI is InChI=1S/C16H28N2S/c1-14(11-17-12-16-9-6-10-19-16)18(2)13-15-7-4-3-5-8-15/h6,9-10,14-15,17H,3-5,7-8,11-13H2,1-2H3. The van der Waals surface area contributed by atoms with Crippen molar-refractivity contribution in [2.24, 2.45) is 5.92 Å². The van der Waals surface area contributed by atoms with E-state index < -0.39 is 0 Å². The van der Waals surface area contributed by atoms with E-state index in [9.17, 15) is 0 Å². The van der Waals surface area contributed by atoms with E-state index in [4.69, 9.17) is 0 Å². The van der Waals surface area contributed by atoms with Crippen LogP contribution in [0.15, 0.2) is 17.5 Å². The fourth-order valence-electron chi connectivity index (χ4n) is 2.93. The molecule has 1 N–H and O–H groups in total. The molecule has 19 heavy (non-hydrogen) atoms. The maximum absolute atomic E-state index is 3.57. The third-order valence-corrected chi connectivity index (χ3v) is 5.22. The Morgan fingerprint density at radius 2 is 2.16 bits per heavy atom. The first-order valence-electron chi connectivity index (χ1n) is 7.69. The molecule has 1 aromatic heterocycles. The first kappa shape index (κ1) is 15.0. The fourth-order valence-corrected chi connectivity index (χ4v) is 3.60. The second kappa shape index (κ2) is 8.03. The topological polar surface area (TPSA) is 15.3 Å². The molecule has 2 rings (SSSR count). The molecule has 0 spiro atoms. The predicted molar refractivity (Wildman–Crippen MR) is 84.7 cm³/mol. The number of rotatable bonds is 7. The van der Waals surface area contributed by atoms with Crippen molar-refractivity contribution >= 4 is 11.3 Å². The largest absolute Gasteiger partial charge is 0.310 e. The number of hydrogen-bond donors (Lipinski definition) is 1. The zero-order valence-electron chi connectivity index (χ0n) is 12.4. The summed E-state index contributed by atoms with van der Waals surface area (Å²) < 4.78 is 0. The Bertz CT molecular complexity index is 331. The van der Waals surface area contributed by atoms with E-state index >= 15 is 0 Å². The van der Waals surface area contributed by atoms with Crippen LogP contribution in [-0.2, 0) is 6.54 Å². The van der Waals surface area contributed by atoms with Crippen LogP contribution in [0.5, 0.6) is 0 Å². The van der Waals surface area contributed by atoms with Crippen LogP contribution in [0.1, 0.15) is 43.9 Å². The van der Waals surface area contributed by atoms with Crippen LogP contribution in [0.2, 0.25) is 0 Å². The van der Waals surface area contributed by atoms with Gasteiger partial charge in [0.05, 0.1) is 0 Å². The molecule has 0 saturated heterocycles. The molecule has 0 radical (unpaired) electrons. The fraction of sp³-hybridized carbons (Fsp3) is 0.750. The molecule has 0 aliphatic heterocycles. The Balaban J connectivity index is 1.62. The molecule has 2 nitrogen and oxygen atoms in total. The summed E-state index contributed by atoms with van der Waals surface area (Å²) in [7, 11) is 2.28. The lowest BCUT2D eigenvalue weighted by atomic mass is 9.89. The lowest BCUT2D eigenvalue weighted by molar-refractivity contribution is 0.188. The van der Waals surface area contributed by atoms with Crippen LogP contribution >= 0.6 is 11.3 Å². The SMILES string of the molecule is CC(CNCc1cccs1)N(C)CC1CCCCC1. The number of hydrogen-bond acceptors (Lipinski definition) is 3. The van der Waals surface area contributed by atoms with Crippen molar-refractivity contribution < 1.29 is 0 Å². The first-order chi connectivity index (χ1) is 9.25. The summed E-state index contributed by atoms with van der Waals surface area (Å²) in [5.41, 5.74) is 0. The van der Waals surface area contributed by atoms with Gasteiger partial charge in [-0.3, -0.25) is 0 Å². The lowest BCUT2D eigenvalue weighted by Crippen LogP contribution is -2.40. The molecule has 0 amide bonds. The number of nitrogens with zero attached hydrogens (tertiary/aromatic N) is 1. The van der Waals surface area contributed by atoms with E-state index in [1.807, 2.05) is 11.3 Å². The summed E-state index contributed by atoms with van der Waals surface area (Å²) in [5.74, 6) is 0.943. The Morgan fingerprint density at radius 1 is 1.37 bits per heavy atom. The van der Waals surface area contributed by atoms with Crippen molar-refractivity contribution in [1.29, 1.82) is 0 Å². The van der Waals surface area contributed by atoms with Crippen LogP contribution in [0.3, 0.4) is 0 Å². The van der Waals surface area contributed by atoms with Gasteiger partial charge in [0, 0.05) is 30.6 Å². The van der Waals surface area contributed by atoms with Crippen molar-refractivity contribution in [3.05, 3.63) is 22.4 Å².